The first-order valence-corrected chi connectivity index (χ1v) is 11.5. The number of carbonyl (C=O) groups is 3. The standard InChI is InChI=1S/C22H44N4O4/c1-4-5-6-7-8-9-10-11-18(12-14-23)21(29)26-20(17(3)28)22(30)25-19(13-15-24)16(2)27/h17-20,28H,4-15,23-24H2,1-3H3,(H,25,30)(H,26,29)/t17-,18?,19-,20-/m0/s1. The van der Waals surface area contributed by atoms with Gasteiger partial charge in [-0.25, -0.2) is 0 Å². The highest BCUT2D eigenvalue weighted by Gasteiger charge is 2.30. The third kappa shape index (κ3) is 12.2. The summed E-state index contributed by atoms with van der Waals surface area (Å²) in [6.45, 7) is 5.62. The second-order valence-electron chi connectivity index (χ2n) is 8.16. The molecule has 0 fully saturated rings. The van der Waals surface area contributed by atoms with Crippen molar-refractivity contribution < 1.29 is 19.5 Å². The number of nitrogens with two attached hydrogens (primary N) is 2. The molecule has 0 spiro atoms. The van der Waals surface area contributed by atoms with Gasteiger partial charge in [0.15, 0.2) is 5.78 Å². The lowest BCUT2D eigenvalue weighted by Gasteiger charge is -2.26. The van der Waals surface area contributed by atoms with Gasteiger partial charge in [-0.05, 0) is 46.2 Å². The molecule has 4 atom stereocenters. The fraction of sp³-hybridized carbons (Fsp3) is 0.864. The van der Waals surface area contributed by atoms with Gasteiger partial charge in [0.05, 0.1) is 12.1 Å². The van der Waals surface area contributed by atoms with Crippen molar-refractivity contribution in [2.45, 2.75) is 103 Å². The third-order valence-corrected chi connectivity index (χ3v) is 5.37. The highest BCUT2D eigenvalue weighted by molar-refractivity contribution is 5.92. The van der Waals surface area contributed by atoms with Crippen LogP contribution in [0.1, 0.15) is 85.0 Å². The first kappa shape index (κ1) is 28.5. The predicted molar refractivity (Wildman–Crippen MR) is 120 cm³/mol. The summed E-state index contributed by atoms with van der Waals surface area (Å²) >= 11 is 0. The molecule has 0 saturated carbocycles. The maximum Gasteiger partial charge on any atom is 0.245 e. The van der Waals surface area contributed by atoms with Gasteiger partial charge >= 0.3 is 0 Å². The smallest absolute Gasteiger partial charge is 0.245 e. The van der Waals surface area contributed by atoms with E-state index in [0.29, 0.717) is 25.8 Å². The molecule has 0 saturated heterocycles. The molecule has 1 unspecified atom stereocenters. The van der Waals surface area contributed by atoms with Crippen LogP contribution in [-0.4, -0.2) is 54.0 Å². The van der Waals surface area contributed by atoms with E-state index in [9.17, 15) is 19.5 Å². The summed E-state index contributed by atoms with van der Waals surface area (Å²) in [5, 5.41) is 15.3. The molecule has 8 nitrogen and oxygen atoms in total. The van der Waals surface area contributed by atoms with Gasteiger partial charge < -0.3 is 27.2 Å². The Balaban J connectivity index is 4.76. The number of amides is 2. The molecule has 0 aliphatic heterocycles. The van der Waals surface area contributed by atoms with E-state index < -0.39 is 24.1 Å². The Labute approximate surface area is 181 Å². The van der Waals surface area contributed by atoms with Crippen molar-refractivity contribution in [2.75, 3.05) is 13.1 Å². The summed E-state index contributed by atoms with van der Waals surface area (Å²) in [6.07, 6.45) is 8.53. The summed E-state index contributed by atoms with van der Waals surface area (Å²) < 4.78 is 0. The summed E-state index contributed by atoms with van der Waals surface area (Å²) in [4.78, 5) is 37.0. The number of ketones is 1. The summed E-state index contributed by atoms with van der Waals surface area (Å²) in [5.41, 5.74) is 11.2. The molecule has 7 N–H and O–H groups in total. The summed E-state index contributed by atoms with van der Waals surface area (Å²) in [6, 6.07) is -1.86. The number of unbranched alkanes of at least 4 members (excludes halogenated alkanes) is 6. The van der Waals surface area contributed by atoms with E-state index in [1.165, 1.54) is 39.5 Å². The largest absolute Gasteiger partial charge is 0.391 e. The van der Waals surface area contributed by atoms with E-state index in [1.54, 1.807) is 0 Å². The minimum atomic E-state index is -1.13. The van der Waals surface area contributed by atoms with E-state index in [4.69, 9.17) is 11.5 Å². The van der Waals surface area contributed by atoms with Crippen molar-refractivity contribution in [3.63, 3.8) is 0 Å². The van der Waals surface area contributed by atoms with Crippen LogP contribution in [0.4, 0.5) is 0 Å². The van der Waals surface area contributed by atoms with Crippen molar-refractivity contribution in [3.05, 3.63) is 0 Å². The molecule has 30 heavy (non-hydrogen) atoms. The monoisotopic (exact) mass is 428 g/mol. The van der Waals surface area contributed by atoms with Crippen molar-refractivity contribution >= 4 is 17.6 Å². The van der Waals surface area contributed by atoms with Gasteiger partial charge in [0.2, 0.25) is 11.8 Å². The van der Waals surface area contributed by atoms with Crippen LogP contribution in [0.3, 0.4) is 0 Å². The van der Waals surface area contributed by atoms with Crippen LogP contribution in [0.2, 0.25) is 0 Å². The topological polar surface area (TPSA) is 148 Å². The molecule has 176 valence electrons. The first-order chi connectivity index (χ1) is 14.3. The average molecular weight is 429 g/mol. The van der Waals surface area contributed by atoms with Crippen molar-refractivity contribution in [1.29, 1.82) is 0 Å². The van der Waals surface area contributed by atoms with Gasteiger partial charge in [0.1, 0.15) is 6.04 Å². The lowest BCUT2D eigenvalue weighted by Crippen LogP contribution is -2.56. The van der Waals surface area contributed by atoms with Crippen LogP contribution in [0.15, 0.2) is 0 Å². The zero-order valence-electron chi connectivity index (χ0n) is 19.1. The van der Waals surface area contributed by atoms with Gasteiger partial charge in [-0.1, -0.05) is 51.9 Å². The molecule has 8 heteroatoms. The van der Waals surface area contributed by atoms with E-state index in [1.807, 2.05) is 0 Å². The zero-order valence-corrected chi connectivity index (χ0v) is 19.1. The molecule has 0 aliphatic rings. The maximum absolute atomic E-state index is 12.8. The van der Waals surface area contributed by atoms with Crippen LogP contribution in [0.25, 0.3) is 0 Å². The van der Waals surface area contributed by atoms with E-state index in [0.717, 1.165) is 19.3 Å². The van der Waals surface area contributed by atoms with E-state index >= 15 is 0 Å². The molecule has 0 bridgehead atoms. The number of aliphatic hydroxyl groups excluding tert-OH is 1. The molecular weight excluding hydrogens is 384 g/mol. The Morgan fingerprint density at radius 2 is 1.40 bits per heavy atom. The minimum Gasteiger partial charge on any atom is -0.391 e. The van der Waals surface area contributed by atoms with Gasteiger partial charge in [-0.2, -0.15) is 0 Å². The van der Waals surface area contributed by atoms with Crippen LogP contribution >= 0.6 is 0 Å². The summed E-state index contributed by atoms with van der Waals surface area (Å²) in [5.74, 6) is -1.39. The number of hydrogen-bond acceptors (Lipinski definition) is 6. The van der Waals surface area contributed by atoms with Crippen LogP contribution in [0.5, 0.6) is 0 Å². The minimum absolute atomic E-state index is 0.218. The van der Waals surface area contributed by atoms with Crippen LogP contribution in [-0.2, 0) is 14.4 Å². The van der Waals surface area contributed by atoms with Crippen molar-refractivity contribution in [2.24, 2.45) is 17.4 Å². The van der Waals surface area contributed by atoms with E-state index in [-0.39, 0.29) is 24.2 Å². The van der Waals surface area contributed by atoms with Gasteiger partial charge in [0.25, 0.3) is 0 Å². The second-order valence-corrected chi connectivity index (χ2v) is 8.16. The number of Topliss-reactive ketones (excluding diaryl/α,β-unsaturated/α-hetero) is 1. The number of hydrogen-bond donors (Lipinski definition) is 5. The Morgan fingerprint density at radius 1 is 0.833 bits per heavy atom. The molecule has 0 rings (SSSR count). The normalized spacial score (nSPS) is 15.1. The SMILES string of the molecule is CCCCCCCCCC(CCN)C(=O)N[C@H](C(=O)N[C@@H](CCN)C(C)=O)[C@H](C)O. The Kier molecular flexibility index (Phi) is 16.3. The molecule has 0 aromatic carbocycles. The molecule has 0 radical (unpaired) electrons. The predicted octanol–water partition coefficient (Wildman–Crippen LogP) is 1.38. The number of aliphatic hydroxyl groups is 1. The Bertz CT molecular complexity index is 500. The van der Waals surface area contributed by atoms with Gasteiger partial charge in [0, 0.05) is 5.92 Å². The Morgan fingerprint density at radius 3 is 1.90 bits per heavy atom. The molecule has 2 amide bonds. The van der Waals surface area contributed by atoms with Crippen LogP contribution in [0, 0.1) is 5.92 Å². The average Bonchev–Trinajstić information content (AvgIpc) is 2.69. The molecule has 0 aromatic heterocycles. The highest BCUT2D eigenvalue weighted by atomic mass is 16.3. The van der Waals surface area contributed by atoms with Gasteiger partial charge in [-0.3, -0.25) is 14.4 Å². The van der Waals surface area contributed by atoms with Crippen LogP contribution < -0.4 is 22.1 Å². The molecule has 0 heterocycles. The highest BCUT2D eigenvalue weighted by Crippen LogP contribution is 2.16. The van der Waals surface area contributed by atoms with Crippen molar-refractivity contribution in [1.82, 2.24) is 10.6 Å². The zero-order chi connectivity index (χ0) is 22.9. The molecule has 0 aliphatic carbocycles. The second kappa shape index (κ2) is 17.2. The summed E-state index contributed by atoms with van der Waals surface area (Å²) in [7, 11) is 0. The fourth-order valence-electron chi connectivity index (χ4n) is 3.44. The lowest BCUT2D eigenvalue weighted by molar-refractivity contribution is -0.135. The number of nitrogens with one attached hydrogen (secondary N) is 2. The van der Waals surface area contributed by atoms with Gasteiger partial charge in [-0.15, -0.1) is 0 Å². The number of rotatable bonds is 18. The number of carbonyl (C=O) groups excluding carboxylic acids is 3. The molecule has 0 aromatic rings. The molecular formula is C22H44N4O4. The maximum atomic E-state index is 12.8. The van der Waals surface area contributed by atoms with Crippen molar-refractivity contribution in [3.8, 4) is 0 Å². The fourth-order valence-corrected chi connectivity index (χ4v) is 3.44. The quantitative estimate of drug-likeness (QED) is 0.208. The third-order valence-electron chi connectivity index (χ3n) is 5.37. The first-order valence-electron chi connectivity index (χ1n) is 11.5. The van der Waals surface area contributed by atoms with E-state index in [2.05, 4.69) is 17.6 Å². The Hall–Kier alpha value is -1.51. The lowest BCUT2D eigenvalue weighted by atomic mass is 9.95.